The maximum absolute atomic E-state index is 9.13. The first-order chi connectivity index (χ1) is 5.68. The average molecular weight is 171 g/mol. The first-order valence-corrected chi connectivity index (χ1v) is 5.10. The van der Waals surface area contributed by atoms with E-state index in [0.717, 1.165) is 19.0 Å². The minimum Gasteiger partial charge on any atom is -0.393 e. The minimum atomic E-state index is -0.150. The van der Waals surface area contributed by atoms with Gasteiger partial charge < -0.3 is 10.4 Å². The summed E-state index contributed by atoms with van der Waals surface area (Å²) >= 11 is 0. The van der Waals surface area contributed by atoms with E-state index in [0.29, 0.717) is 5.92 Å². The molecule has 1 aliphatic rings. The van der Waals surface area contributed by atoms with Crippen LogP contribution in [0.15, 0.2) is 0 Å². The molecule has 0 aliphatic heterocycles. The lowest BCUT2D eigenvalue weighted by Gasteiger charge is -2.28. The van der Waals surface area contributed by atoms with Crippen LogP contribution in [-0.4, -0.2) is 23.8 Å². The van der Waals surface area contributed by atoms with Gasteiger partial charge in [0.2, 0.25) is 0 Å². The molecule has 12 heavy (non-hydrogen) atoms. The predicted octanol–water partition coefficient (Wildman–Crippen LogP) is 1.54. The third kappa shape index (κ3) is 3.55. The highest BCUT2D eigenvalue weighted by molar-refractivity contribution is 4.77. The Balaban J connectivity index is 1.97. The van der Waals surface area contributed by atoms with Crippen LogP contribution in [0.5, 0.6) is 0 Å². The molecule has 2 nitrogen and oxygen atoms in total. The van der Waals surface area contributed by atoms with Crippen molar-refractivity contribution in [3.05, 3.63) is 0 Å². The molecule has 2 N–H and O–H groups in total. The van der Waals surface area contributed by atoms with Crippen molar-refractivity contribution >= 4 is 0 Å². The van der Waals surface area contributed by atoms with Gasteiger partial charge in [-0.05, 0) is 38.6 Å². The second kappa shape index (κ2) is 4.83. The summed E-state index contributed by atoms with van der Waals surface area (Å²) in [7, 11) is 0. The molecule has 0 saturated heterocycles. The van der Waals surface area contributed by atoms with Gasteiger partial charge in [0.1, 0.15) is 0 Å². The van der Waals surface area contributed by atoms with Gasteiger partial charge in [0, 0.05) is 6.04 Å². The van der Waals surface area contributed by atoms with Gasteiger partial charge in [-0.1, -0.05) is 13.3 Å². The van der Waals surface area contributed by atoms with Gasteiger partial charge in [-0.3, -0.25) is 0 Å². The quantitative estimate of drug-likeness (QED) is 0.657. The van der Waals surface area contributed by atoms with Crippen molar-refractivity contribution in [1.29, 1.82) is 0 Å². The highest BCUT2D eigenvalue weighted by atomic mass is 16.3. The van der Waals surface area contributed by atoms with Crippen LogP contribution in [0.3, 0.4) is 0 Å². The van der Waals surface area contributed by atoms with Crippen LogP contribution in [0.4, 0.5) is 0 Å². The molecule has 1 saturated carbocycles. The SMILES string of the molecule is CC(O)CC(C)CNC1CCC1. The first-order valence-electron chi connectivity index (χ1n) is 5.10. The van der Waals surface area contributed by atoms with Crippen molar-refractivity contribution in [1.82, 2.24) is 5.32 Å². The number of hydrogen-bond donors (Lipinski definition) is 2. The zero-order valence-electron chi connectivity index (χ0n) is 8.21. The van der Waals surface area contributed by atoms with Gasteiger partial charge in [0.15, 0.2) is 0 Å². The zero-order chi connectivity index (χ0) is 8.97. The number of nitrogens with one attached hydrogen (secondary N) is 1. The van der Waals surface area contributed by atoms with Gasteiger partial charge in [0.05, 0.1) is 6.10 Å². The van der Waals surface area contributed by atoms with Crippen molar-refractivity contribution in [3.63, 3.8) is 0 Å². The van der Waals surface area contributed by atoms with E-state index in [1.54, 1.807) is 0 Å². The zero-order valence-corrected chi connectivity index (χ0v) is 8.21. The summed E-state index contributed by atoms with van der Waals surface area (Å²) in [4.78, 5) is 0. The molecule has 0 aromatic rings. The lowest BCUT2D eigenvalue weighted by atomic mass is 9.92. The molecule has 0 amide bonds. The fourth-order valence-electron chi connectivity index (χ4n) is 1.65. The lowest BCUT2D eigenvalue weighted by Crippen LogP contribution is -2.38. The Bertz CT molecular complexity index is 121. The third-order valence-corrected chi connectivity index (χ3v) is 2.60. The maximum Gasteiger partial charge on any atom is 0.0515 e. The lowest BCUT2D eigenvalue weighted by molar-refractivity contribution is 0.160. The van der Waals surface area contributed by atoms with Crippen LogP contribution < -0.4 is 5.32 Å². The summed E-state index contributed by atoms with van der Waals surface area (Å²) in [6, 6.07) is 0.779. The van der Waals surface area contributed by atoms with E-state index in [4.69, 9.17) is 5.11 Å². The second-order valence-electron chi connectivity index (χ2n) is 4.23. The summed E-state index contributed by atoms with van der Waals surface area (Å²) in [6.45, 7) is 5.12. The van der Waals surface area contributed by atoms with Crippen molar-refractivity contribution in [2.45, 2.75) is 51.7 Å². The van der Waals surface area contributed by atoms with E-state index >= 15 is 0 Å². The minimum absolute atomic E-state index is 0.150. The van der Waals surface area contributed by atoms with E-state index in [1.165, 1.54) is 19.3 Å². The molecule has 1 aliphatic carbocycles. The Morgan fingerprint density at radius 2 is 2.08 bits per heavy atom. The van der Waals surface area contributed by atoms with Crippen LogP contribution in [0.2, 0.25) is 0 Å². The van der Waals surface area contributed by atoms with Gasteiger partial charge in [0.25, 0.3) is 0 Å². The molecule has 1 rings (SSSR count). The van der Waals surface area contributed by atoms with Crippen LogP contribution in [0, 0.1) is 5.92 Å². The van der Waals surface area contributed by atoms with Crippen molar-refractivity contribution in [2.75, 3.05) is 6.54 Å². The van der Waals surface area contributed by atoms with E-state index in [9.17, 15) is 0 Å². The summed E-state index contributed by atoms with van der Waals surface area (Å²) < 4.78 is 0. The number of aliphatic hydroxyl groups excluding tert-OH is 1. The maximum atomic E-state index is 9.13. The summed E-state index contributed by atoms with van der Waals surface area (Å²) in [5, 5.41) is 12.6. The molecular weight excluding hydrogens is 150 g/mol. The topological polar surface area (TPSA) is 32.3 Å². The monoisotopic (exact) mass is 171 g/mol. The fourth-order valence-corrected chi connectivity index (χ4v) is 1.65. The van der Waals surface area contributed by atoms with Gasteiger partial charge >= 0.3 is 0 Å². The Kier molecular flexibility index (Phi) is 4.02. The van der Waals surface area contributed by atoms with E-state index in [1.807, 2.05) is 6.92 Å². The fraction of sp³-hybridized carbons (Fsp3) is 1.00. The Labute approximate surface area is 75.4 Å². The third-order valence-electron chi connectivity index (χ3n) is 2.60. The molecule has 0 heterocycles. The smallest absolute Gasteiger partial charge is 0.0515 e. The molecular formula is C10H21NO. The van der Waals surface area contributed by atoms with Crippen LogP contribution in [-0.2, 0) is 0 Å². The van der Waals surface area contributed by atoms with Crippen LogP contribution in [0.1, 0.15) is 39.5 Å². The molecule has 0 spiro atoms. The van der Waals surface area contributed by atoms with E-state index in [-0.39, 0.29) is 6.10 Å². The van der Waals surface area contributed by atoms with Gasteiger partial charge in [-0.15, -0.1) is 0 Å². The van der Waals surface area contributed by atoms with Crippen molar-refractivity contribution < 1.29 is 5.11 Å². The standard InChI is InChI=1S/C10H21NO/c1-8(6-9(2)12)7-11-10-4-3-5-10/h8-12H,3-7H2,1-2H3. The number of rotatable bonds is 5. The highest BCUT2D eigenvalue weighted by Gasteiger charge is 2.17. The molecule has 0 aromatic carbocycles. The molecule has 0 aromatic heterocycles. The second-order valence-corrected chi connectivity index (χ2v) is 4.23. The molecule has 1 fully saturated rings. The Hall–Kier alpha value is -0.0800. The normalized spacial score (nSPS) is 23.2. The van der Waals surface area contributed by atoms with E-state index < -0.39 is 0 Å². The number of aliphatic hydroxyl groups is 1. The largest absolute Gasteiger partial charge is 0.393 e. The molecule has 2 heteroatoms. The molecule has 2 unspecified atom stereocenters. The average Bonchev–Trinajstić information content (AvgIpc) is 1.81. The van der Waals surface area contributed by atoms with Gasteiger partial charge in [-0.25, -0.2) is 0 Å². The van der Waals surface area contributed by atoms with E-state index in [2.05, 4.69) is 12.2 Å². The first kappa shape index (κ1) is 10.0. The van der Waals surface area contributed by atoms with Crippen molar-refractivity contribution in [2.24, 2.45) is 5.92 Å². The molecule has 0 bridgehead atoms. The summed E-state index contributed by atoms with van der Waals surface area (Å²) in [6.07, 6.45) is 4.86. The Morgan fingerprint density at radius 3 is 2.50 bits per heavy atom. The number of hydrogen-bond acceptors (Lipinski definition) is 2. The van der Waals surface area contributed by atoms with Gasteiger partial charge in [-0.2, -0.15) is 0 Å². The Morgan fingerprint density at radius 1 is 1.42 bits per heavy atom. The molecule has 2 atom stereocenters. The highest BCUT2D eigenvalue weighted by Crippen LogP contribution is 2.18. The predicted molar refractivity (Wildman–Crippen MR) is 51.1 cm³/mol. The van der Waals surface area contributed by atoms with Crippen LogP contribution in [0.25, 0.3) is 0 Å². The van der Waals surface area contributed by atoms with Crippen molar-refractivity contribution in [3.8, 4) is 0 Å². The summed E-state index contributed by atoms with van der Waals surface area (Å²) in [5.74, 6) is 0.602. The van der Waals surface area contributed by atoms with Crippen LogP contribution >= 0.6 is 0 Å². The molecule has 72 valence electrons. The summed E-state index contributed by atoms with van der Waals surface area (Å²) in [5.41, 5.74) is 0. The molecule has 0 radical (unpaired) electrons.